The second-order valence-electron chi connectivity index (χ2n) is 6.31. The van der Waals surface area contributed by atoms with Crippen LogP contribution in [0.2, 0.25) is 0 Å². The van der Waals surface area contributed by atoms with Gasteiger partial charge in [-0.3, -0.25) is 14.5 Å². The third-order valence-electron chi connectivity index (χ3n) is 4.41. The number of amides is 1. The summed E-state index contributed by atoms with van der Waals surface area (Å²) in [5, 5.41) is 12.9. The van der Waals surface area contributed by atoms with Crippen LogP contribution in [0.3, 0.4) is 0 Å². The molecular formula is C20H16N2O3S2. The zero-order chi connectivity index (χ0) is 19.1. The van der Waals surface area contributed by atoms with Crippen LogP contribution in [0.4, 0.5) is 5.13 Å². The van der Waals surface area contributed by atoms with Crippen LogP contribution in [-0.4, -0.2) is 21.8 Å². The molecule has 7 heteroatoms. The maximum Gasteiger partial charge on any atom is 0.296 e. The highest BCUT2D eigenvalue weighted by atomic mass is 32.1. The van der Waals surface area contributed by atoms with Gasteiger partial charge in [0.2, 0.25) is 5.78 Å². The van der Waals surface area contributed by atoms with Crippen LogP contribution in [0, 0.1) is 13.8 Å². The Hall–Kier alpha value is -2.77. The Morgan fingerprint density at radius 1 is 1.19 bits per heavy atom. The Labute approximate surface area is 164 Å². The average Bonchev–Trinajstić information content (AvgIpc) is 3.37. The summed E-state index contributed by atoms with van der Waals surface area (Å²) < 4.78 is 0. The van der Waals surface area contributed by atoms with Crippen LogP contribution in [0.25, 0.3) is 0 Å². The van der Waals surface area contributed by atoms with Crippen molar-refractivity contribution in [3.8, 4) is 0 Å². The zero-order valence-corrected chi connectivity index (χ0v) is 16.3. The number of benzene rings is 1. The van der Waals surface area contributed by atoms with E-state index < -0.39 is 17.7 Å². The zero-order valence-electron chi connectivity index (χ0n) is 14.7. The topological polar surface area (TPSA) is 70.5 Å². The van der Waals surface area contributed by atoms with Crippen LogP contribution >= 0.6 is 22.7 Å². The number of hydrogen-bond acceptors (Lipinski definition) is 6. The summed E-state index contributed by atoms with van der Waals surface area (Å²) in [6.07, 6.45) is 1.68. The summed E-state index contributed by atoms with van der Waals surface area (Å²) in [6.45, 7) is 3.87. The number of anilines is 1. The number of hydrogen-bond donors (Lipinski definition) is 1. The number of aromatic nitrogens is 1. The van der Waals surface area contributed by atoms with E-state index in [-0.39, 0.29) is 11.4 Å². The normalized spacial score (nSPS) is 17.0. The van der Waals surface area contributed by atoms with Crippen molar-refractivity contribution in [3.63, 3.8) is 0 Å². The Morgan fingerprint density at radius 2 is 1.93 bits per heavy atom. The number of aliphatic hydroxyl groups is 1. The fourth-order valence-electron chi connectivity index (χ4n) is 3.09. The van der Waals surface area contributed by atoms with E-state index in [1.807, 2.05) is 38.1 Å². The lowest BCUT2D eigenvalue weighted by molar-refractivity contribution is -0.117. The first kappa shape index (κ1) is 17.6. The Morgan fingerprint density at radius 3 is 2.52 bits per heavy atom. The van der Waals surface area contributed by atoms with Crippen molar-refractivity contribution in [2.24, 2.45) is 0 Å². The van der Waals surface area contributed by atoms with E-state index in [1.54, 1.807) is 23.7 Å². The van der Waals surface area contributed by atoms with Crippen molar-refractivity contribution in [3.05, 3.63) is 80.2 Å². The van der Waals surface area contributed by atoms with E-state index >= 15 is 0 Å². The van der Waals surface area contributed by atoms with E-state index in [1.165, 1.54) is 27.6 Å². The van der Waals surface area contributed by atoms with E-state index in [2.05, 4.69) is 4.98 Å². The van der Waals surface area contributed by atoms with Crippen LogP contribution in [0.1, 0.15) is 31.7 Å². The smallest absolute Gasteiger partial charge is 0.296 e. The number of Topliss-reactive ketones (excluding diaryl/α,β-unsaturated/α-hetero) is 1. The first-order chi connectivity index (χ1) is 13.0. The van der Waals surface area contributed by atoms with Gasteiger partial charge in [-0.05, 0) is 30.9 Å². The lowest BCUT2D eigenvalue weighted by atomic mass is 9.95. The highest BCUT2D eigenvalue weighted by Crippen LogP contribution is 2.43. The van der Waals surface area contributed by atoms with E-state index in [0.717, 1.165) is 16.0 Å². The predicted octanol–water partition coefficient (Wildman–Crippen LogP) is 4.60. The first-order valence-corrected chi connectivity index (χ1v) is 10.0. The molecule has 1 aliphatic heterocycles. The van der Waals surface area contributed by atoms with Crippen LogP contribution in [0.15, 0.2) is 59.3 Å². The van der Waals surface area contributed by atoms with Gasteiger partial charge in [-0.1, -0.05) is 35.9 Å². The van der Waals surface area contributed by atoms with Gasteiger partial charge in [-0.2, -0.15) is 0 Å². The van der Waals surface area contributed by atoms with Crippen molar-refractivity contribution in [2.75, 3.05) is 4.90 Å². The summed E-state index contributed by atoms with van der Waals surface area (Å²) in [6, 6.07) is 10.4. The minimum atomic E-state index is -0.710. The number of aryl methyl sites for hydroxylation is 2. The van der Waals surface area contributed by atoms with Gasteiger partial charge in [-0.15, -0.1) is 22.7 Å². The van der Waals surface area contributed by atoms with Crippen molar-refractivity contribution in [1.29, 1.82) is 0 Å². The third-order valence-corrected chi connectivity index (χ3v) is 6.19. The molecule has 1 N–H and O–H groups in total. The molecule has 1 aliphatic rings. The maximum atomic E-state index is 13.1. The van der Waals surface area contributed by atoms with Crippen LogP contribution in [-0.2, 0) is 4.79 Å². The molecule has 0 fully saturated rings. The number of ketones is 1. The van der Waals surface area contributed by atoms with E-state index in [9.17, 15) is 14.7 Å². The average molecular weight is 396 g/mol. The number of carbonyl (C=O) groups is 2. The van der Waals surface area contributed by atoms with Crippen LogP contribution < -0.4 is 4.90 Å². The molecule has 0 spiro atoms. The molecule has 3 heterocycles. The van der Waals surface area contributed by atoms with Crippen molar-refractivity contribution in [2.45, 2.75) is 19.9 Å². The number of nitrogens with zero attached hydrogens (tertiary/aromatic N) is 2. The quantitative estimate of drug-likeness (QED) is 0.654. The Bertz CT molecular complexity index is 1050. The third kappa shape index (κ3) is 2.98. The largest absolute Gasteiger partial charge is 0.503 e. The molecule has 1 amide bonds. The molecule has 0 unspecified atom stereocenters. The lowest BCUT2D eigenvalue weighted by Crippen LogP contribution is -2.30. The monoisotopic (exact) mass is 396 g/mol. The number of rotatable bonds is 4. The SMILES string of the molecule is Cc1ccc([C@@H]2C(C(=O)c3cccs3)=C(O)C(=O)N2c2ncc(C)s2)cc1. The molecule has 5 nitrogen and oxygen atoms in total. The molecule has 4 rings (SSSR count). The summed E-state index contributed by atoms with van der Waals surface area (Å²) >= 11 is 2.64. The fourth-order valence-corrected chi connectivity index (χ4v) is 4.56. The predicted molar refractivity (Wildman–Crippen MR) is 107 cm³/mol. The minimum absolute atomic E-state index is 0.0964. The van der Waals surface area contributed by atoms with Gasteiger partial charge >= 0.3 is 0 Å². The van der Waals surface area contributed by atoms with Crippen molar-refractivity contribution in [1.82, 2.24) is 4.98 Å². The first-order valence-electron chi connectivity index (χ1n) is 8.31. The maximum absolute atomic E-state index is 13.1. The molecule has 136 valence electrons. The molecule has 0 saturated carbocycles. The lowest BCUT2D eigenvalue weighted by Gasteiger charge is -2.24. The van der Waals surface area contributed by atoms with Crippen molar-refractivity contribution < 1.29 is 14.7 Å². The number of aliphatic hydroxyl groups excluding tert-OH is 1. The summed E-state index contributed by atoms with van der Waals surface area (Å²) in [5.74, 6) is -1.45. The molecule has 1 atom stereocenters. The number of thiophene rings is 1. The molecule has 3 aromatic rings. The minimum Gasteiger partial charge on any atom is -0.503 e. The molecular weight excluding hydrogens is 380 g/mol. The van der Waals surface area contributed by atoms with Gasteiger partial charge in [-0.25, -0.2) is 4.98 Å². The van der Waals surface area contributed by atoms with E-state index in [0.29, 0.717) is 10.0 Å². The van der Waals surface area contributed by atoms with Gasteiger partial charge < -0.3 is 5.11 Å². The van der Waals surface area contributed by atoms with Crippen LogP contribution in [0.5, 0.6) is 0 Å². The summed E-state index contributed by atoms with van der Waals surface area (Å²) in [5.41, 5.74) is 1.92. The second-order valence-corrected chi connectivity index (χ2v) is 8.47. The standard InChI is InChI=1S/C20H16N2O3S2/c1-11-5-7-13(8-6-11)16-15(17(23)14-4-3-9-26-14)18(24)19(25)22(16)20-21-10-12(2)27-20/h3-10,16,24H,1-2H3/t16-/m1/s1. The van der Waals surface area contributed by atoms with Gasteiger partial charge in [0.1, 0.15) is 0 Å². The summed E-state index contributed by atoms with van der Waals surface area (Å²) in [7, 11) is 0. The molecule has 0 aliphatic carbocycles. The highest BCUT2D eigenvalue weighted by molar-refractivity contribution is 7.15. The molecule has 0 saturated heterocycles. The molecule has 2 aromatic heterocycles. The van der Waals surface area contributed by atoms with Gasteiger partial charge in [0.25, 0.3) is 5.91 Å². The van der Waals surface area contributed by atoms with Gasteiger partial charge in [0.15, 0.2) is 10.9 Å². The summed E-state index contributed by atoms with van der Waals surface area (Å²) in [4.78, 5) is 33.1. The molecule has 1 aromatic carbocycles. The number of carbonyl (C=O) groups excluding carboxylic acids is 2. The molecule has 27 heavy (non-hydrogen) atoms. The van der Waals surface area contributed by atoms with Crippen molar-refractivity contribution >= 4 is 39.5 Å². The van der Waals surface area contributed by atoms with E-state index in [4.69, 9.17) is 0 Å². The Kier molecular flexibility index (Phi) is 4.41. The highest BCUT2D eigenvalue weighted by Gasteiger charge is 2.45. The van der Waals surface area contributed by atoms with Gasteiger partial charge in [0, 0.05) is 11.1 Å². The fraction of sp³-hybridized carbons (Fsp3) is 0.150. The molecule has 0 bridgehead atoms. The molecule has 0 radical (unpaired) electrons. The van der Waals surface area contributed by atoms with Gasteiger partial charge in [0.05, 0.1) is 16.5 Å². The number of thiazole rings is 1. The second kappa shape index (κ2) is 6.75. The Balaban J connectivity index is 1.88.